The number of rotatable bonds is 2. The topological polar surface area (TPSA) is 42.2 Å². The van der Waals surface area contributed by atoms with Gasteiger partial charge < -0.3 is 9.73 Å². The zero-order valence-electron chi connectivity index (χ0n) is 11.3. The summed E-state index contributed by atoms with van der Waals surface area (Å²) in [5.74, 6) is 0.00345. The quantitative estimate of drug-likeness (QED) is 0.638. The molecule has 0 atom stereocenters. The molecule has 2 heterocycles. The molecule has 1 fully saturated rings. The van der Waals surface area contributed by atoms with Crippen LogP contribution in [0, 0.1) is 0 Å². The number of thiocarbonyl (C=S) groups is 1. The van der Waals surface area contributed by atoms with Gasteiger partial charge in [0.25, 0.3) is 5.91 Å². The summed E-state index contributed by atoms with van der Waals surface area (Å²) >= 11 is 5.94. The largest absolute Gasteiger partial charge is 0.457 e. The summed E-state index contributed by atoms with van der Waals surface area (Å²) in [5.41, 5.74) is -0.827. The Labute approximate surface area is 138 Å². The second-order valence-electron chi connectivity index (χ2n) is 4.60. The van der Waals surface area contributed by atoms with E-state index in [1.165, 1.54) is 36.4 Å². The minimum atomic E-state index is -4.48. The highest BCUT2D eigenvalue weighted by Crippen LogP contribution is 2.38. The van der Waals surface area contributed by atoms with Crippen molar-refractivity contribution in [3.05, 3.63) is 52.6 Å². The maximum Gasteiger partial charge on any atom is 0.417 e. The number of nitrogens with one attached hydrogen (secondary N) is 1. The minimum absolute atomic E-state index is 0.0521. The van der Waals surface area contributed by atoms with Gasteiger partial charge in [-0.1, -0.05) is 42.2 Å². The number of halogens is 3. The Kier molecular flexibility index (Phi) is 4.03. The van der Waals surface area contributed by atoms with Gasteiger partial charge in [-0.05, 0) is 18.2 Å². The molecular formula is C15H8F3NO2S2. The Morgan fingerprint density at radius 2 is 1.91 bits per heavy atom. The Morgan fingerprint density at radius 3 is 2.57 bits per heavy atom. The van der Waals surface area contributed by atoms with Crippen molar-refractivity contribution in [1.82, 2.24) is 5.32 Å². The van der Waals surface area contributed by atoms with Gasteiger partial charge in [0, 0.05) is 11.6 Å². The standard InChI is InChI=1S/C15H8F3NO2S2/c16-15(17,18)10-4-2-1-3-9(10)11-6-5-8(21-11)7-12-13(20)19-14(22)23-12/h1-7H,(H,19,20,22)/b12-7-. The number of carbonyl (C=O) groups is 1. The number of benzene rings is 1. The van der Waals surface area contributed by atoms with Gasteiger partial charge in [0.1, 0.15) is 15.8 Å². The number of alkyl halides is 3. The zero-order valence-corrected chi connectivity index (χ0v) is 12.9. The van der Waals surface area contributed by atoms with E-state index < -0.39 is 11.7 Å². The molecule has 0 aliphatic carbocycles. The van der Waals surface area contributed by atoms with Gasteiger partial charge >= 0.3 is 6.18 Å². The second kappa shape index (κ2) is 5.86. The van der Waals surface area contributed by atoms with Crippen molar-refractivity contribution >= 4 is 40.3 Å². The summed E-state index contributed by atoms with van der Waals surface area (Å²) in [7, 11) is 0. The van der Waals surface area contributed by atoms with Crippen LogP contribution in [0.4, 0.5) is 13.2 Å². The van der Waals surface area contributed by atoms with Gasteiger partial charge in [0.2, 0.25) is 0 Å². The lowest BCUT2D eigenvalue weighted by molar-refractivity contribution is -0.137. The van der Waals surface area contributed by atoms with Crippen molar-refractivity contribution in [3.63, 3.8) is 0 Å². The van der Waals surface area contributed by atoms with E-state index in [0.29, 0.717) is 9.23 Å². The van der Waals surface area contributed by atoms with E-state index in [1.54, 1.807) is 0 Å². The van der Waals surface area contributed by atoms with Gasteiger partial charge in [-0.25, -0.2) is 0 Å². The SMILES string of the molecule is O=C1NC(=S)S/C1=C\c1ccc(-c2ccccc2C(F)(F)F)o1. The van der Waals surface area contributed by atoms with E-state index in [0.717, 1.165) is 17.8 Å². The number of carbonyl (C=O) groups excluding carboxylic acids is 1. The molecule has 8 heteroatoms. The molecule has 0 spiro atoms. The highest BCUT2D eigenvalue weighted by atomic mass is 32.2. The first kappa shape index (κ1) is 15.8. The zero-order chi connectivity index (χ0) is 16.6. The molecule has 0 saturated carbocycles. The van der Waals surface area contributed by atoms with Gasteiger partial charge in [0.05, 0.1) is 10.5 Å². The molecule has 23 heavy (non-hydrogen) atoms. The Bertz CT molecular complexity index is 824. The normalized spacial score (nSPS) is 16.9. The number of hydrogen-bond donors (Lipinski definition) is 1. The van der Waals surface area contributed by atoms with Crippen molar-refractivity contribution in [1.29, 1.82) is 0 Å². The molecular weight excluding hydrogens is 347 g/mol. The molecule has 1 saturated heterocycles. The molecule has 118 valence electrons. The first-order valence-corrected chi connectivity index (χ1v) is 7.58. The molecule has 1 N–H and O–H groups in total. The van der Waals surface area contributed by atoms with Crippen molar-refractivity contribution in [2.45, 2.75) is 6.18 Å². The van der Waals surface area contributed by atoms with Crippen molar-refractivity contribution in [2.24, 2.45) is 0 Å². The first-order chi connectivity index (χ1) is 10.8. The third kappa shape index (κ3) is 3.32. The van der Waals surface area contributed by atoms with Gasteiger partial charge in [-0.2, -0.15) is 13.2 Å². The third-order valence-corrected chi connectivity index (χ3v) is 4.20. The van der Waals surface area contributed by atoms with Gasteiger partial charge in [-0.3, -0.25) is 4.79 Å². The van der Waals surface area contributed by atoms with Crippen LogP contribution in [0.15, 0.2) is 45.7 Å². The van der Waals surface area contributed by atoms with Crippen molar-refractivity contribution in [3.8, 4) is 11.3 Å². The molecule has 1 aliphatic heterocycles. The van der Waals surface area contributed by atoms with E-state index in [4.69, 9.17) is 16.6 Å². The summed E-state index contributed by atoms with van der Waals surface area (Å²) in [6, 6.07) is 8.10. The maximum atomic E-state index is 13.0. The van der Waals surface area contributed by atoms with E-state index in [9.17, 15) is 18.0 Å². The molecule has 1 amide bonds. The smallest absolute Gasteiger partial charge is 0.417 e. The summed E-state index contributed by atoms with van der Waals surface area (Å²) < 4.78 is 44.9. The molecule has 0 bridgehead atoms. The maximum absolute atomic E-state index is 13.0. The molecule has 0 radical (unpaired) electrons. The number of amides is 1. The number of hydrogen-bond acceptors (Lipinski definition) is 4. The van der Waals surface area contributed by atoms with Crippen LogP contribution in [-0.2, 0) is 11.0 Å². The van der Waals surface area contributed by atoms with Crippen LogP contribution < -0.4 is 5.32 Å². The van der Waals surface area contributed by atoms with Gasteiger partial charge in [-0.15, -0.1) is 0 Å². The minimum Gasteiger partial charge on any atom is -0.457 e. The van der Waals surface area contributed by atoms with Crippen LogP contribution in [-0.4, -0.2) is 10.2 Å². The lowest BCUT2D eigenvalue weighted by atomic mass is 10.1. The summed E-state index contributed by atoms with van der Waals surface area (Å²) in [6.07, 6.45) is -3.03. The third-order valence-electron chi connectivity index (χ3n) is 3.04. The summed E-state index contributed by atoms with van der Waals surface area (Å²) in [6.45, 7) is 0. The summed E-state index contributed by atoms with van der Waals surface area (Å²) in [5, 5.41) is 2.45. The fourth-order valence-corrected chi connectivity index (χ4v) is 3.09. The number of thioether (sulfide) groups is 1. The predicted molar refractivity (Wildman–Crippen MR) is 85.5 cm³/mol. The van der Waals surface area contributed by atoms with Crippen molar-refractivity contribution < 1.29 is 22.4 Å². The molecule has 3 rings (SSSR count). The molecule has 3 nitrogen and oxygen atoms in total. The Morgan fingerprint density at radius 1 is 1.17 bits per heavy atom. The van der Waals surface area contributed by atoms with Crippen LogP contribution in [0.2, 0.25) is 0 Å². The molecule has 0 unspecified atom stereocenters. The van der Waals surface area contributed by atoms with Crippen LogP contribution in [0.3, 0.4) is 0 Å². The lowest BCUT2D eigenvalue weighted by Gasteiger charge is -2.10. The Balaban J connectivity index is 1.96. The monoisotopic (exact) mass is 355 g/mol. The molecule has 2 aromatic rings. The van der Waals surface area contributed by atoms with Crippen LogP contribution >= 0.6 is 24.0 Å². The Hall–Kier alpha value is -2.06. The van der Waals surface area contributed by atoms with E-state index in [-0.39, 0.29) is 23.0 Å². The molecule has 1 aromatic heterocycles. The van der Waals surface area contributed by atoms with Crippen molar-refractivity contribution in [2.75, 3.05) is 0 Å². The molecule has 1 aromatic carbocycles. The average molecular weight is 355 g/mol. The van der Waals surface area contributed by atoms with Crippen LogP contribution in [0.25, 0.3) is 17.4 Å². The molecule has 1 aliphatic rings. The fourth-order valence-electron chi connectivity index (χ4n) is 2.07. The summed E-state index contributed by atoms with van der Waals surface area (Å²) in [4.78, 5) is 11.9. The van der Waals surface area contributed by atoms with Crippen LogP contribution in [0.5, 0.6) is 0 Å². The highest BCUT2D eigenvalue weighted by Gasteiger charge is 2.34. The van der Waals surface area contributed by atoms with Crippen LogP contribution in [0.1, 0.15) is 11.3 Å². The predicted octanol–water partition coefficient (Wildman–Crippen LogP) is 4.45. The first-order valence-electron chi connectivity index (χ1n) is 6.36. The number of furan rings is 1. The second-order valence-corrected chi connectivity index (χ2v) is 6.32. The fraction of sp³-hybridized carbons (Fsp3) is 0.0667. The van der Waals surface area contributed by atoms with E-state index in [2.05, 4.69) is 5.32 Å². The van der Waals surface area contributed by atoms with E-state index >= 15 is 0 Å². The lowest BCUT2D eigenvalue weighted by Crippen LogP contribution is -2.17. The van der Waals surface area contributed by atoms with Gasteiger partial charge in [0.15, 0.2) is 0 Å². The average Bonchev–Trinajstić information content (AvgIpc) is 3.05. The van der Waals surface area contributed by atoms with E-state index in [1.807, 2.05) is 0 Å². The highest BCUT2D eigenvalue weighted by molar-refractivity contribution is 8.26.